The van der Waals surface area contributed by atoms with E-state index in [4.69, 9.17) is 4.74 Å². The lowest BCUT2D eigenvalue weighted by Crippen LogP contribution is -2.29. The van der Waals surface area contributed by atoms with Crippen molar-refractivity contribution in [1.82, 2.24) is 5.32 Å². The highest BCUT2D eigenvalue weighted by Gasteiger charge is 2.47. The predicted octanol–water partition coefficient (Wildman–Crippen LogP) is 2.63. The van der Waals surface area contributed by atoms with Crippen molar-refractivity contribution in [2.45, 2.75) is 12.8 Å². The molecule has 0 aliphatic heterocycles. The molecule has 1 saturated carbocycles. The summed E-state index contributed by atoms with van der Waals surface area (Å²) in [5, 5.41) is 5.77. The highest BCUT2D eigenvalue weighted by molar-refractivity contribution is 5.99. The molecule has 1 fully saturated rings. The average Bonchev–Trinajstić information content (AvgIpc) is 3.44. The van der Waals surface area contributed by atoms with Gasteiger partial charge in [0.15, 0.2) is 0 Å². The molecule has 2 aromatic rings. The Morgan fingerprint density at radius 1 is 1.00 bits per heavy atom. The highest BCUT2D eigenvalue weighted by Crippen LogP contribution is 2.39. The van der Waals surface area contributed by atoms with Crippen LogP contribution in [0.15, 0.2) is 54.6 Å². The summed E-state index contributed by atoms with van der Waals surface area (Å²) in [6, 6.07) is 17.1. The number of amides is 2. The van der Waals surface area contributed by atoms with Crippen LogP contribution in [-0.4, -0.2) is 25.5 Å². The normalized spacial score (nSPS) is 18.3. The van der Waals surface area contributed by atoms with E-state index in [-0.39, 0.29) is 23.7 Å². The summed E-state index contributed by atoms with van der Waals surface area (Å²) >= 11 is 0. The van der Waals surface area contributed by atoms with Crippen molar-refractivity contribution in [3.63, 3.8) is 0 Å². The third kappa shape index (κ3) is 4.59. The fourth-order valence-electron chi connectivity index (χ4n) is 2.78. The molecule has 0 saturated heterocycles. The topological polar surface area (TPSA) is 67.4 Å². The molecular formula is C20H22N2O3. The van der Waals surface area contributed by atoms with Crippen molar-refractivity contribution < 1.29 is 14.3 Å². The molecule has 2 aromatic carbocycles. The van der Waals surface area contributed by atoms with Gasteiger partial charge < -0.3 is 15.4 Å². The number of hydrogen-bond donors (Lipinski definition) is 2. The summed E-state index contributed by atoms with van der Waals surface area (Å²) in [6.45, 7) is 0.564. The Balaban J connectivity index is 1.40. The summed E-state index contributed by atoms with van der Waals surface area (Å²) < 4.78 is 5.12. The van der Waals surface area contributed by atoms with Gasteiger partial charge in [0.1, 0.15) is 5.75 Å². The first kappa shape index (κ1) is 17.0. The number of carbonyl (C=O) groups excluding carboxylic acids is 2. The summed E-state index contributed by atoms with van der Waals surface area (Å²) in [6.07, 6.45) is 1.37. The van der Waals surface area contributed by atoms with Crippen LogP contribution in [0.2, 0.25) is 0 Å². The summed E-state index contributed by atoms with van der Waals surface area (Å²) in [5.74, 6) is 0.266. The Morgan fingerprint density at radius 2 is 1.68 bits per heavy atom. The van der Waals surface area contributed by atoms with Crippen LogP contribution in [0.5, 0.6) is 5.75 Å². The van der Waals surface area contributed by atoms with Crippen molar-refractivity contribution >= 4 is 17.5 Å². The lowest BCUT2D eigenvalue weighted by atomic mass is 10.1. The number of anilines is 1. The van der Waals surface area contributed by atoms with E-state index in [0.29, 0.717) is 13.0 Å². The summed E-state index contributed by atoms with van der Waals surface area (Å²) in [5.41, 5.74) is 1.90. The van der Waals surface area contributed by atoms with E-state index in [0.717, 1.165) is 23.4 Å². The van der Waals surface area contributed by atoms with Crippen LogP contribution in [-0.2, 0) is 16.0 Å². The number of hydrogen-bond acceptors (Lipinski definition) is 3. The molecule has 0 aromatic heterocycles. The number of ether oxygens (including phenoxy) is 1. The minimum atomic E-state index is -0.221. The van der Waals surface area contributed by atoms with Gasteiger partial charge in [-0.1, -0.05) is 30.3 Å². The van der Waals surface area contributed by atoms with Crippen molar-refractivity contribution in [3.8, 4) is 5.75 Å². The van der Waals surface area contributed by atoms with Crippen LogP contribution in [0.4, 0.5) is 5.69 Å². The molecule has 0 heterocycles. The van der Waals surface area contributed by atoms with E-state index in [9.17, 15) is 9.59 Å². The second kappa shape index (κ2) is 7.83. The Kier molecular flexibility index (Phi) is 5.33. The van der Waals surface area contributed by atoms with E-state index in [1.807, 2.05) is 54.6 Å². The largest absolute Gasteiger partial charge is 0.497 e. The molecule has 3 rings (SSSR count). The van der Waals surface area contributed by atoms with E-state index >= 15 is 0 Å². The zero-order valence-corrected chi connectivity index (χ0v) is 14.2. The first-order chi connectivity index (χ1) is 12.2. The number of para-hydroxylation sites is 1. The van der Waals surface area contributed by atoms with E-state index in [1.165, 1.54) is 0 Å². The van der Waals surface area contributed by atoms with Crippen molar-refractivity contribution in [2.75, 3.05) is 19.0 Å². The molecule has 0 radical (unpaired) electrons. The molecule has 5 nitrogen and oxygen atoms in total. The summed E-state index contributed by atoms with van der Waals surface area (Å²) in [7, 11) is 1.63. The second-order valence-corrected chi connectivity index (χ2v) is 6.19. The van der Waals surface area contributed by atoms with Gasteiger partial charge in [0.25, 0.3) is 0 Å². The Labute approximate surface area is 147 Å². The molecule has 5 heteroatoms. The quantitative estimate of drug-likeness (QED) is 0.815. The number of benzene rings is 2. The third-order valence-corrected chi connectivity index (χ3v) is 4.38. The van der Waals surface area contributed by atoms with Gasteiger partial charge in [-0.2, -0.15) is 0 Å². The lowest BCUT2D eigenvalue weighted by Gasteiger charge is -2.07. The van der Waals surface area contributed by atoms with Crippen LogP contribution < -0.4 is 15.4 Å². The van der Waals surface area contributed by atoms with Crippen molar-refractivity contribution in [1.29, 1.82) is 0 Å². The third-order valence-electron chi connectivity index (χ3n) is 4.38. The van der Waals surface area contributed by atoms with E-state index in [1.54, 1.807) is 7.11 Å². The highest BCUT2D eigenvalue weighted by atomic mass is 16.5. The van der Waals surface area contributed by atoms with Gasteiger partial charge in [0.2, 0.25) is 11.8 Å². The average molecular weight is 338 g/mol. The Bertz CT molecular complexity index is 728. The smallest absolute Gasteiger partial charge is 0.228 e. The minimum absolute atomic E-state index is 0.0401. The lowest BCUT2D eigenvalue weighted by molar-refractivity contribution is -0.125. The number of carbonyl (C=O) groups is 2. The molecular weight excluding hydrogens is 316 g/mol. The maximum absolute atomic E-state index is 12.2. The van der Waals surface area contributed by atoms with Crippen LogP contribution in [0.25, 0.3) is 0 Å². The van der Waals surface area contributed by atoms with Crippen molar-refractivity contribution in [3.05, 3.63) is 60.2 Å². The van der Waals surface area contributed by atoms with Crippen molar-refractivity contribution in [2.24, 2.45) is 11.8 Å². The van der Waals surface area contributed by atoms with Crippen LogP contribution in [0, 0.1) is 11.8 Å². The van der Waals surface area contributed by atoms with Crippen LogP contribution in [0.3, 0.4) is 0 Å². The number of nitrogens with one attached hydrogen (secondary N) is 2. The molecule has 130 valence electrons. The van der Waals surface area contributed by atoms with Gasteiger partial charge in [-0.05, 0) is 42.7 Å². The molecule has 1 aliphatic carbocycles. The van der Waals surface area contributed by atoms with Gasteiger partial charge in [-0.15, -0.1) is 0 Å². The van der Waals surface area contributed by atoms with Gasteiger partial charge in [-0.25, -0.2) is 0 Å². The van der Waals surface area contributed by atoms with E-state index < -0.39 is 0 Å². The fraction of sp³-hybridized carbons (Fsp3) is 0.300. The predicted molar refractivity (Wildman–Crippen MR) is 96.4 cm³/mol. The van der Waals surface area contributed by atoms with Gasteiger partial charge >= 0.3 is 0 Å². The Morgan fingerprint density at radius 3 is 2.36 bits per heavy atom. The fourth-order valence-corrected chi connectivity index (χ4v) is 2.78. The summed E-state index contributed by atoms with van der Waals surface area (Å²) in [4.78, 5) is 24.3. The first-order valence-corrected chi connectivity index (χ1v) is 8.44. The zero-order valence-electron chi connectivity index (χ0n) is 14.2. The van der Waals surface area contributed by atoms with E-state index in [2.05, 4.69) is 10.6 Å². The standard InChI is InChI=1S/C20H22N2O3/c1-25-16-9-7-14(8-10-16)11-12-21-19(23)17-13-18(17)20(24)22-15-5-3-2-4-6-15/h2-10,17-18H,11-13H2,1H3,(H,21,23)(H,22,24). The SMILES string of the molecule is COc1ccc(CCNC(=O)C2CC2C(=O)Nc2ccccc2)cc1. The van der Waals surface area contributed by atoms with Gasteiger partial charge in [0.05, 0.1) is 18.9 Å². The molecule has 2 N–H and O–H groups in total. The molecule has 2 atom stereocenters. The molecule has 25 heavy (non-hydrogen) atoms. The Hall–Kier alpha value is -2.82. The van der Waals surface area contributed by atoms with Gasteiger partial charge in [-0.3, -0.25) is 9.59 Å². The molecule has 0 bridgehead atoms. The van der Waals surface area contributed by atoms with Crippen LogP contribution in [0.1, 0.15) is 12.0 Å². The maximum atomic E-state index is 12.2. The maximum Gasteiger partial charge on any atom is 0.228 e. The van der Waals surface area contributed by atoms with Gasteiger partial charge in [0, 0.05) is 12.2 Å². The molecule has 1 aliphatic rings. The number of methoxy groups -OCH3 is 1. The first-order valence-electron chi connectivity index (χ1n) is 8.44. The van der Waals surface area contributed by atoms with Crippen LogP contribution >= 0.6 is 0 Å². The molecule has 2 amide bonds. The second-order valence-electron chi connectivity index (χ2n) is 6.19. The number of rotatable bonds is 7. The molecule has 2 unspecified atom stereocenters. The zero-order chi connectivity index (χ0) is 17.6. The minimum Gasteiger partial charge on any atom is -0.497 e. The monoisotopic (exact) mass is 338 g/mol. The molecule has 0 spiro atoms.